The second kappa shape index (κ2) is 11.5. The zero-order chi connectivity index (χ0) is 13.2. The average Bonchev–Trinajstić information content (AvgIpc) is 2.40. The number of nitrogens with zero attached hydrogens (tertiary/aromatic N) is 2. The molecule has 1 heterocycles. The zero-order valence-corrected chi connectivity index (χ0v) is 14.7. The molecule has 1 aliphatic heterocycles. The Morgan fingerprint density at radius 3 is 2.58 bits per heavy atom. The number of likely N-dealkylation sites (tertiary alicyclic amines) is 1. The van der Waals surface area contributed by atoms with Gasteiger partial charge in [0.05, 0.1) is 0 Å². The predicted octanol–water partition coefficient (Wildman–Crippen LogP) is 2.08. The van der Waals surface area contributed by atoms with Gasteiger partial charge in [-0.3, -0.25) is 4.99 Å². The number of hydrogen-bond acceptors (Lipinski definition) is 2. The monoisotopic (exact) mass is 380 g/mol. The van der Waals surface area contributed by atoms with Crippen LogP contribution in [0.15, 0.2) is 17.6 Å². The first-order chi connectivity index (χ1) is 8.76. The van der Waals surface area contributed by atoms with Crippen molar-refractivity contribution in [3.63, 3.8) is 0 Å². The van der Waals surface area contributed by atoms with Crippen LogP contribution in [0, 0.1) is 5.92 Å². The van der Waals surface area contributed by atoms with Crippen molar-refractivity contribution in [3.05, 3.63) is 12.7 Å². The number of hydrogen-bond donors (Lipinski definition) is 2. The van der Waals surface area contributed by atoms with Crippen LogP contribution in [0.3, 0.4) is 0 Å². The molecule has 0 aromatic rings. The summed E-state index contributed by atoms with van der Waals surface area (Å²) in [5, 5.41) is 6.54. The van der Waals surface area contributed by atoms with E-state index in [0.29, 0.717) is 5.92 Å². The Labute approximate surface area is 135 Å². The normalized spacial score (nSPS) is 18.3. The third-order valence-corrected chi connectivity index (χ3v) is 3.27. The van der Waals surface area contributed by atoms with Gasteiger partial charge in [-0.2, -0.15) is 0 Å². The van der Waals surface area contributed by atoms with Crippen LogP contribution < -0.4 is 10.6 Å². The molecule has 0 aromatic carbocycles. The summed E-state index contributed by atoms with van der Waals surface area (Å²) in [6, 6.07) is 0. The van der Waals surface area contributed by atoms with Crippen molar-refractivity contribution >= 4 is 29.9 Å². The molecule has 5 heteroatoms. The molecule has 0 aromatic heterocycles. The van der Waals surface area contributed by atoms with Gasteiger partial charge < -0.3 is 15.5 Å². The quantitative estimate of drug-likeness (QED) is 0.321. The molecule has 0 bridgehead atoms. The summed E-state index contributed by atoms with van der Waals surface area (Å²) in [6.45, 7) is 11.4. The molecule has 1 fully saturated rings. The van der Waals surface area contributed by atoms with E-state index in [1.54, 1.807) is 7.05 Å². The zero-order valence-electron chi connectivity index (χ0n) is 12.3. The van der Waals surface area contributed by atoms with E-state index in [2.05, 4.69) is 34.0 Å². The van der Waals surface area contributed by atoms with Crippen LogP contribution >= 0.6 is 24.0 Å². The van der Waals surface area contributed by atoms with Gasteiger partial charge >= 0.3 is 0 Å². The minimum atomic E-state index is 0. The van der Waals surface area contributed by atoms with Gasteiger partial charge in [-0.1, -0.05) is 19.4 Å². The van der Waals surface area contributed by atoms with Crippen LogP contribution in [-0.4, -0.2) is 50.6 Å². The molecule has 0 radical (unpaired) electrons. The summed E-state index contributed by atoms with van der Waals surface area (Å²) in [7, 11) is 1.80. The summed E-state index contributed by atoms with van der Waals surface area (Å²) in [5.41, 5.74) is 0. The summed E-state index contributed by atoms with van der Waals surface area (Å²) in [4.78, 5) is 6.76. The first-order valence-corrected chi connectivity index (χ1v) is 7.04. The SMILES string of the molecule is C=CCNC(=NC)NCC(C)CN1CCCCC1.I. The molecule has 0 saturated carbocycles. The molecule has 0 aliphatic carbocycles. The number of piperidine rings is 1. The Balaban J connectivity index is 0.00000324. The van der Waals surface area contributed by atoms with E-state index in [9.17, 15) is 0 Å². The van der Waals surface area contributed by atoms with E-state index in [0.717, 1.165) is 19.0 Å². The number of halogens is 1. The Bertz CT molecular complexity index is 262. The average molecular weight is 380 g/mol. The van der Waals surface area contributed by atoms with Crippen molar-refractivity contribution in [3.8, 4) is 0 Å². The Morgan fingerprint density at radius 1 is 1.32 bits per heavy atom. The highest BCUT2D eigenvalue weighted by atomic mass is 127. The third-order valence-electron chi connectivity index (χ3n) is 3.27. The molecule has 1 unspecified atom stereocenters. The highest BCUT2D eigenvalue weighted by Crippen LogP contribution is 2.10. The van der Waals surface area contributed by atoms with E-state index < -0.39 is 0 Å². The van der Waals surface area contributed by atoms with Crippen LogP contribution in [-0.2, 0) is 0 Å². The standard InChI is InChI=1S/C14H28N4.HI/c1-4-8-16-14(15-3)17-11-13(2)12-18-9-6-5-7-10-18;/h4,13H,1,5-12H2,2-3H3,(H2,15,16,17);1H. The molecular weight excluding hydrogens is 351 g/mol. The molecule has 1 saturated heterocycles. The highest BCUT2D eigenvalue weighted by Gasteiger charge is 2.13. The maximum Gasteiger partial charge on any atom is 0.191 e. The van der Waals surface area contributed by atoms with Gasteiger partial charge in [-0.15, -0.1) is 30.6 Å². The molecule has 0 spiro atoms. The van der Waals surface area contributed by atoms with Gasteiger partial charge in [0, 0.05) is 26.7 Å². The summed E-state index contributed by atoms with van der Waals surface area (Å²) in [6.07, 6.45) is 5.97. The smallest absolute Gasteiger partial charge is 0.191 e. The lowest BCUT2D eigenvalue weighted by Gasteiger charge is -2.29. The maximum absolute atomic E-state index is 4.18. The van der Waals surface area contributed by atoms with Crippen LogP contribution in [0.2, 0.25) is 0 Å². The van der Waals surface area contributed by atoms with Crippen molar-refractivity contribution in [2.45, 2.75) is 26.2 Å². The van der Waals surface area contributed by atoms with E-state index in [-0.39, 0.29) is 24.0 Å². The van der Waals surface area contributed by atoms with Crippen LogP contribution in [0.1, 0.15) is 26.2 Å². The lowest BCUT2D eigenvalue weighted by atomic mass is 10.1. The molecule has 4 nitrogen and oxygen atoms in total. The fourth-order valence-corrected chi connectivity index (χ4v) is 2.31. The topological polar surface area (TPSA) is 39.7 Å². The van der Waals surface area contributed by atoms with Gasteiger partial charge in [0.1, 0.15) is 0 Å². The summed E-state index contributed by atoms with van der Waals surface area (Å²) >= 11 is 0. The Kier molecular flexibility index (Phi) is 11.3. The lowest BCUT2D eigenvalue weighted by molar-refractivity contribution is 0.201. The molecule has 0 amide bonds. The van der Waals surface area contributed by atoms with Crippen molar-refractivity contribution in [1.82, 2.24) is 15.5 Å². The van der Waals surface area contributed by atoms with Crippen molar-refractivity contribution in [2.75, 3.05) is 39.8 Å². The number of aliphatic imine (C=N–C) groups is 1. The largest absolute Gasteiger partial charge is 0.356 e. The van der Waals surface area contributed by atoms with Gasteiger partial charge in [0.25, 0.3) is 0 Å². The molecule has 1 atom stereocenters. The minimum Gasteiger partial charge on any atom is -0.356 e. The fourth-order valence-electron chi connectivity index (χ4n) is 2.31. The molecule has 1 rings (SSSR count). The molecule has 112 valence electrons. The molecule has 2 N–H and O–H groups in total. The van der Waals surface area contributed by atoms with Gasteiger partial charge in [0.2, 0.25) is 0 Å². The maximum atomic E-state index is 4.18. The molecule has 19 heavy (non-hydrogen) atoms. The number of nitrogens with one attached hydrogen (secondary N) is 2. The van der Waals surface area contributed by atoms with Gasteiger partial charge in [-0.05, 0) is 31.8 Å². The number of rotatable bonds is 6. The van der Waals surface area contributed by atoms with E-state index in [1.165, 1.54) is 38.9 Å². The number of guanidine groups is 1. The van der Waals surface area contributed by atoms with Crippen LogP contribution in [0.4, 0.5) is 0 Å². The Morgan fingerprint density at radius 2 is 2.00 bits per heavy atom. The summed E-state index contributed by atoms with van der Waals surface area (Å²) < 4.78 is 0. The van der Waals surface area contributed by atoms with Gasteiger partial charge in [-0.25, -0.2) is 0 Å². The second-order valence-electron chi connectivity index (χ2n) is 5.09. The van der Waals surface area contributed by atoms with Crippen molar-refractivity contribution in [2.24, 2.45) is 10.9 Å². The lowest BCUT2D eigenvalue weighted by Crippen LogP contribution is -2.42. The third kappa shape index (κ3) is 8.47. The van der Waals surface area contributed by atoms with E-state index in [1.807, 2.05) is 6.08 Å². The van der Waals surface area contributed by atoms with E-state index in [4.69, 9.17) is 0 Å². The van der Waals surface area contributed by atoms with Crippen LogP contribution in [0.5, 0.6) is 0 Å². The highest BCUT2D eigenvalue weighted by molar-refractivity contribution is 14.0. The van der Waals surface area contributed by atoms with Crippen LogP contribution in [0.25, 0.3) is 0 Å². The van der Waals surface area contributed by atoms with Gasteiger partial charge in [0.15, 0.2) is 5.96 Å². The Hall–Kier alpha value is -0.300. The molecule has 1 aliphatic rings. The minimum absolute atomic E-state index is 0. The van der Waals surface area contributed by atoms with Crippen molar-refractivity contribution < 1.29 is 0 Å². The first kappa shape index (κ1) is 18.7. The molecular formula is C14H29IN4. The summed E-state index contributed by atoms with van der Waals surface area (Å²) in [5.74, 6) is 1.51. The fraction of sp³-hybridized carbons (Fsp3) is 0.786. The first-order valence-electron chi connectivity index (χ1n) is 7.04. The second-order valence-corrected chi connectivity index (χ2v) is 5.09. The predicted molar refractivity (Wildman–Crippen MR) is 94.4 cm³/mol. The van der Waals surface area contributed by atoms with E-state index >= 15 is 0 Å². The van der Waals surface area contributed by atoms with Crippen molar-refractivity contribution in [1.29, 1.82) is 0 Å².